The summed E-state index contributed by atoms with van der Waals surface area (Å²) in [6.45, 7) is 2.18. The van der Waals surface area contributed by atoms with Gasteiger partial charge in [0.1, 0.15) is 5.82 Å². The topological polar surface area (TPSA) is 75.0 Å². The van der Waals surface area contributed by atoms with Crippen LogP contribution in [0.1, 0.15) is 42.9 Å². The van der Waals surface area contributed by atoms with Crippen molar-refractivity contribution in [3.63, 3.8) is 0 Å². The van der Waals surface area contributed by atoms with Gasteiger partial charge in [-0.15, -0.1) is 0 Å². The molecule has 0 spiro atoms. The van der Waals surface area contributed by atoms with E-state index < -0.39 is 0 Å². The van der Waals surface area contributed by atoms with Crippen LogP contribution >= 0.6 is 0 Å². The van der Waals surface area contributed by atoms with Gasteiger partial charge in [0.05, 0.1) is 12.6 Å². The highest BCUT2D eigenvalue weighted by atomic mass is 16.2. The Kier molecular flexibility index (Phi) is 4.24. The third kappa shape index (κ3) is 2.64. The molecule has 1 aromatic carbocycles. The number of benzene rings is 1. The molecule has 1 aromatic heterocycles. The van der Waals surface area contributed by atoms with E-state index >= 15 is 0 Å². The second-order valence-electron chi connectivity index (χ2n) is 5.71. The first-order valence-corrected chi connectivity index (χ1v) is 7.88. The van der Waals surface area contributed by atoms with Crippen LogP contribution in [0.25, 0.3) is 0 Å². The molecule has 0 fully saturated rings. The summed E-state index contributed by atoms with van der Waals surface area (Å²) in [5.74, 6) is 0.783. The van der Waals surface area contributed by atoms with Crippen LogP contribution in [0, 0.1) is 0 Å². The number of H-pyrrole nitrogens is 1. The number of aromatic nitrogens is 2. The van der Waals surface area contributed by atoms with Crippen molar-refractivity contribution in [1.29, 1.82) is 0 Å². The number of fused-ring (bicyclic) bond motifs is 1. The molecule has 0 aliphatic carbocycles. The number of aromatic amines is 1. The van der Waals surface area contributed by atoms with Crippen molar-refractivity contribution in [2.45, 2.75) is 38.6 Å². The number of rotatable bonds is 5. The average Bonchev–Trinajstić information content (AvgIpc) is 3.16. The molecule has 2 heterocycles. The van der Waals surface area contributed by atoms with E-state index in [4.69, 9.17) is 5.73 Å². The van der Waals surface area contributed by atoms with Crippen molar-refractivity contribution in [1.82, 2.24) is 9.97 Å². The van der Waals surface area contributed by atoms with E-state index in [0.717, 1.165) is 42.9 Å². The number of carbonyl (C=O) groups excluding carboxylic acids is 1. The molecule has 1 aliphatic heterocycles. The Hall–Kier alpha value is -2.14. The lowest BCUT2D eigenvalue weighted by Gasteiger charge is -2.23. The molecule has 0 unspecified atom stereocenters. The number of unbranched alkanes of at least 4 members (excludes halogenated alkanes) is 1. The summed E-state index contributed by atoms with van der Waals surface area (Å²) in [5.41, 5.74) is 8.85. The Morgan fingerprint density at radius 2 is 2.27 bits per heavy atom. The number of hydrogen-bond acceptors (Lipinski definition) is 3. The van der Waals surface area contributed by atoms with Gasteiger partial charge in [-0.1, -0.05) is 31.5 Å². The number of anilines is 1. The van der Waals surface area contributed by atoms with Gasteiger partial charge in [-0.05, 0) is 24.5 Å². The quantitative estimate of drug-likeness (QED) is 0.889. The van der Waals surface area contributed by atoms with Crippen molar-refractivity contribution in [2.24, 2.45) is 5.73 Å². The van der Waals surface area contributed by atoms with Gasteiger partial charge in [0, 0.05) is 24.0 Å². The highest BCUT2D eigenvalue weighted by Crippen LogP contribution is 2.39. The predicted molar refractivity (Wildman–Crippen MR) is 86.6 cm³/mol. The number of nitrogens with one attached hydrogen (secondary N) is 1. The van der Waals surface area contributed by atoms with Gasteiger partial charge in [-0.2, -0.15) is 0 Å². The summed E-state index contributed by atoms with van der Waals surface area (Å²) >= 11 is 0. The Morgan fingerprint density at radius 3 is 3.05 bits per heavy atom. The number of imidazole rings is 1. The number of para-hydroxylation sites is 1. The molecule has 1 atom stereocenters. The normalized spacial score (nSPS) is 16.8. The summed E-state index contributed by atoms with van der Waals surface area (Å²) in [6.07, 6.45) is 5.95. The number of nitrogens with two attached hydrogens (primary N) is 1. The molecule has 5 nitrogen and oxygen atoms in total. The molecule has 1 aliphatic rings. The van der Waals surface area contributed by atoms with E-state index in [9.17, 15) is 4.79 Å². The van der Waals surface area contributed by atoms with Crippen molar-refractivity contribution in [2.75, 3.05) is 11.4 Å². The molecule has 0 radical (unpaired) electrons. The van der Waals surface area contributed by atoms with Crippen LogP contribution in [0.5, 0.6) is 0 Å². The molecule has 3 rings (SSSR count). The first kappa shape index (κ1) is 14.8. The van der Waals surface area contributed by atoms with Gasteiger partial charge < -0.3 is 15.6 Å². The van der Waals surface area contributed by atoms with Crippen molar-refractivity contribution < 1.29 is 4.79 Å². The highest BCUT2D eigenvalue weighted by molar-refractivity contribution is 5.97. The van der Waals surface area contributed by atoms with Crippen LogP contribution in [0.2, 0.25) is 0 Å². The minimum Gasteiger partial charge on any atom is -0.344 e. The fourth-order valence-corrected chi connectivity index (χ4v) is 3.05. The zero-order valence-corrected chi connectivity index (χ0v) is 12.9. The molecule has 2 aromatic rings. The fraction of sp³-hybridized carbons (Fsp3) is 0.412. The first-order chi connectivity index (χ1) is 10.7. The van der Waals surface area contributed by atoms with Crippen LogP contribution in [0.4, 0.5) is 5.69 Å². The predicted octanol–water partition coefficient (Wildman–Crippen LogP) is 2.34. The lowest BCUT2D eigenvalue weighted by molar-refractivity contribution is -0.117. The van der Waals surface area contributed by atoms with E-state index in [1.54, 1.807) is 4.90 Å². The maximum absolute atomic E-state index is 12.3. The van der Waals surface area contributed by atoms with Crippen LogP contribution in [-0.4, -0.2) is 22.4 Å². The number of nitrogens with zero attached hydrogens (tertiary/aromatic N) is 2. The SMILES string of the molecule is CCCCc1cnc([C@@H]2Cc3ccccc3N2C(=O)CN)[nH]1. The Morgan fingerprint density at radius 1 is 1.45 bits per heavy atom. The van der Waals surface area contributed by atoms with Crippen LogP contribution in [-0.2, 0) is 17.6 Å². The third-order valence-corrected chi connectivity index (χ3v) is 4.18. The minimum absolute atomic E-state index is 0.00817. The maximum atomic E-state index is 12.3. The van der Waals surface area contributed by atoms with Crippen LogP contribution in [0.15, 0.2) is 30.5 Å². The second kappa shape index (κ2) is 6.32. The molecule has 1 amide bonds. The number of hydrogen-bond donors (Lipinski definition) is 2. The Bertz CT molecular complexity index is 664. The average molecular weight is 298 g/mol. The number of amides is 1. The summed E-state index contributed by atoms with van der Waals surface area (Å²) < 4.78 is 0. The van der Waals surface area contributed by atoms with Crippen LogP contribution in [0.3, 0.4) is 0 Å². The summed E-state index contributed by atoms with van der Waals surface area (Å²) in [6, 6.07) is 7.91. The van der Waals surface area contributed by atoms with Gasteiger partial charge in [0.15, 0.2) is 0 Å². The monoisotopic (exact) mass is 298 g/mol. The minimum atomic E-state index is -0.0798. The van der Waals surface area contributed by atoms with Crippen molar-refractivity contribution in [3.05, 3.63) is 47.5 Å². The van der Waals surface area contributed by atoms with E-state index in [1.165, 1.54) is 5.56 Å². The van der Waals surface area contributed by atoms with Gasteiger partial charge in [-0.3, -0.25) is 4.79 Å². The molecule has 0 bridgehead atoms. The number of carbonyl (C=O) groups is 1. The van der Waals surface area contributed by atoms with Gasteiger partial charge in [0.25, 0.3) is 0 Å². The molecular formula is C17H22N4O. The smallest absolute Gasteiger partial charge is 0.241 e. The van der Waals surface area contributed by atoms with Gasteiger partial charge in [0.2, 0.25) is 5.91 Å². The molecule has 22 heavy (non-hydrogen) atoms. The maximum Gasteiger partial charge on any atom is 0.241 e. The standard InChI is InChI=1S/C17H22N4O/c1-2-3-7-13-11-19-17(20-13)15-9-12-6-4-5-8-14(12)21(15)16(22)10-18/h4-6,8,11,15H,2-3,7,9-10,18H2,1H3,(H,19,20)/t15-/m0/s1. The lowest BCUT2D eigenvalue weighted by Crippen LogP contribution is -2.37. The second-order valence-corrected chi connectivity index (χ2v) is 5.71. The molecule has 116 valence electrons. The van der Waals surface area contributed by atoms with Crippen LogP contribution < -0.4 is 10.6 Å². The van der Waals surface area contributed by atoms with E-state index in [-0.39, 0.29) is 18.5 Å². The first-order valence-electron chi connectivity index (χ1n) is 7.88. The van der Waals surface area contributed by atoms with Crippen molar-refractivity contribution >= 4 is 11.6 Å². The Balaban J connectivity index is 1.89. The van der Waals surface area contributed by atoms with Crippen molar-refractivity contribution in [3.8, 4) is 0 Å². The summed E-state index contributed by atoms with van der Waals surface area (Å²) in [4.78, 5) is 22.0. The van der Waals surface area contributed by atoms with Gasteiger partial charge >= 0.3 is 0 Å². The molecule has 0 saturated heterocycles. The van der Waals surface area contributed by atoms with E-state index in [2.05, 4.69) is 23.0 Å². The molecule has 5 heteroatoms. The van der Waals surface area contributed by atoms with E-state index in [0.29, 0.717) is 0 Å². The van der Waals surface area contributed by atoms with Gasteiger partial charge in [-0.25, -0.2) is 4.98 Å². The zero-order valence-electron chi connectivity index (χ0n) is 12.9. The van der Waals surface area contributed by atoms with E-state index in [1.807, 2.05) is 24.4 Å². The molecule has 3 N–H and O–H groups in total. The molecular weight excluding hydrogens is 276 g/mol. The largest absolute Gasteiger partial charge is 0.344 e. The Labute approximate surface area is 130 Å². The molecule has 0 saturated carbocycles. The summed E-state index contributed by atoms with van der Waals surface area (Å²) in [5, 5.41) is 0. The summed E-state index contributed by atoms with van der Waals surface area (Å²) in [7, 11) is 0. The zero-order chi connectivity index (χ0) is 15.5. The highest BCUT2D eigenvalue weighted by Gasteiger charge is 2.35. The number of aryl methyl sites for hydroxylation is 1. The fourth-order valence-electron chi connectivity index (χ4n) is 3.05. The third-order valence-electron chi connectivity index (χ3n) is 4.18. The lowest BCUT2D eigenvalue weighted by atomic mass is 10.1.